The fourth-order valence-electron chi connectivity index (χ4n) is 3.21. The van der Waals surface area contributed by atoms with Gasteiger partial charge < -0.3 is 9.84 Å². The van der Waals surface area contributed by atoms with Crippen LogP contribution in [0.2, 0.25) is 0 Å². The first-order chi connectivity index (χ1) is 15.6. The highest BCUT2D eigenvalue weighted by molar-refractivity contribution is 5.89. The smallest absolute Gasteiger partial charge is 0.327 e. The maximum absolute atomic E-state index is 11.7. The molecule has 2 aromatic carbocycles. The van der Waals surface area contributed by atoms with Crippen molar-refractivity contribution in [3.05, 3.63) is 101 Å². The van der Waals surface area contributed by atoms with Gasteiger partial charge in [0.2, 0.25) is 0 Å². The Morgan fingerprint density at radius 3 is 2.19 bits per heavy atom. The van der Waals surface area contributed by atoms with E-state index in [-0.39, 0.29) is 6.61 Å². The zero-order valence-corrected chi connectivity index (χ0v) is 17.6. The normalized spacial score (nSPS) is 11.8. The van der Waals surface area contributed by atoms with Crippen LogP contribution in [-0.2, 0) is 22.7 Å². The Hall–Kier alpha value is -4.26. The van der Waals surface area contributed by atoms with E-state index in [9.17, 15) is 15.3 Å². The van der Waals surface area contributed by atoms with Crippen molar-refractivity contribution in [2.24, 2.45) is 0 Å². The molecule has 0 amide bonds. The Bertz CT molecular complexity index is 1180. The number of hydrogen-bond donors (Lipinski definition) is 1. The number of aromatic nitrogens is 1. The lowest BCUT2D eigenvalue weighted by Crippen LogP contribution is -2.33. The van der Waals surface area contributed by atoms with Gasteiger partial charge in [0, 0.05) is 17.7 Å². The average molecular weight is 424 g/mol. The molecule has 3 rings (SSSR count). The Morgan fingerprint density at radius 1 is 1.03 bits per heavy atom. The Labute approximate surface area is 186 Å². The van der Waals surface area contributed by atoms with Crippen LogP contribution in [0.5, 0.6) is 0 Å². The SMILES string of the molecule is COC(=O)C(C#N)c1ccc(/C(C#N)=C\c2cc[n+](Cc3ccc(CO)cc3)cc2)cc1. The average Bonchev–Trinajstić information content (AvgIpc) is 2.85. The van der Waals surface area contributed by atoms with E-state index >= 15 is 0 Å². The van der Waals surface area contributed by atoms with Crippen molar-refractivity contribution < 1.29 is 19.2 Å². The Kier molecular flexibility index (Phi) is 7.48. The molecule has 0 fully saturated rings. The third-order valence-electron chi connectivity index (χ3n) is 5.04. The molecule has 0 saturated heterocycles. The maximum atomic E-state index is 11.7. The minimum Gasteiger partial charge on any atom is -0.468 e. The molecule has 0 aliphatic rings. The fourth-order valence-corrected chi connectivity index (χ4v) is 3.21. The first-order valence-corrected chi connectivity index (χ1v) is 9.95. The van der Waals surface area contributed by atoms with Gasteiger partial charge in [-0.25, -0.2) is 4.57 Å². The number of carbonyl (C=O) groups is 1. The van der Waals surface area contributed by atoms with Crippen LogP contribution in [0, 0.1) is 22.7 Å². The number of benzene rings is 2. The van der Waals surface area contributed by atoms with Gasteiger partial charge in [-0.05, 0) is 28.3 Å². The monoisotopic (exact) mass is 424 g/mol. The lowest BCUT2D eigenvalue weighted by Gasteiger charge is -2.08. The fraction of sp³-hybridized carbons (Fsp3) is 0.154. The van der Waals surface area contributed by atoms with Crippen LogP contribution < -0.4 is 4.57 Å². The number of esters is 1. The zero-order chi connectivity index (χ0) is 22.9. The number of rotatable bonds is 7. The lowest BCUT2D eigenvalue weighted by atomic mass is 9.97. The molecule has 0 radical (unpaired) electrons. The number of ether oxygens (including phenoxy) is 1. The van der Waals surface area contributed by atoms with E-state index in [4.69, 9.17) is 5.11 Å². The molecule has 1 atom stereocenters. The number of aliphatic hydroxyl groups excluding tert-OH is 1. The molecule has 1 unspecified atom stereocenters. The molecule has 6 nitrogen and oxygen atoms in total. The van der Waals surface area contributed by atoms with Gasteiger partial charge in [-0.1, -0.05) is 48.5 Å². The van der Waals surface area contributed by atoms with E-state index in [1.165, 1.54) is 7.11 Å². The van der Waals surface area contributed by atoms with Gasteiger partial charge in [0.1, 0.15) is 0 Å². The summed E-state index contributed by atoms with van der Waals surface area (Å²) in [5.74, 6) is -1.61. The number of aliphatic hydroxyl groups is 1. The molecule has 0 spiro atoms. The predicted molar refractivity (Wildman–Crippen MR) is 118 cm³/mol. The van der Waals surface area contributed by atoms with E-state index in [1.807, 2.05) is 59.4 Å². The van der Waals surface area contributed by atoms with Gasteiger partial charge in [0.25, 0.3) is 0 Å². The van der Waals surface area contributed by atoms with Gasteiger partial charge in [-0.2, -0.15) is 10.5 Å². The highest BCUT2D eigenvalue weighted by atomic mass is 16.5. The van der Waals surface area contributed by atoms with Gasteiger partial charge >= 0.3 is 5.97 Å². The molecule has 0 bridgehead atoms. The van der Waals surface area contributed by atoms with E-state index in [2.05, 4.69) is 10.8 Å². The molecule has 0 aliphatic carbocycles. The summed E-state index contributed by atoms with van der Waals surface area (Å²) >= 11 is 0. The van der Waals surface area contributed by atoms with Crippen LogP contribution in [-0.4, -0.2) is 18.2 Å². The van der Waals surface area contributed by atoms with E-state index in [0.717, 1.165) is 16.7 Å². The number of carbonyl (C=O) groups excluding carboxylic acids is 1. The van der Waals surface area contributed by atoms with Crippen molar-refractivity contribution in [2.75, 3.05) is 7.11 Å². The van der Waals surface area contributed by atoms with Crippen molar-refractivity contribution in [1.29, 1.82) is 10.5 Å². The second-order valence-corrected chi connectivity index (χ2v) is 7.16. The minimum absolute atomic E-state index is 0.0303. The molecular weight excluding hydrogens is 402 g/mol. The topological polar surface area (TPSA) is 98.0 Å². The van der Waals surface area contributed by atoms with Crippen LogP contribution in [0.3, 0.4) is 0 Å². The van der Waals surface area contributed by atoms with Crippen LogP contribution in [0.4, 0.5) is 0 Å². The molecule has 1 N–H and O–H groups in total. The molecule has 32 heavy (non-hydrogen) atoms. The van der Waals surface area contributed by atoms with Crippen molar-refractivity contribution in [1.82, 2.24) is 0 Å². The van der Waals surface area contributed by atoms with Gasteiger partial charge in [0.05, 0.1) is 31.4 Å². The van der Waals surface area contributed by atoms with Crippen molar-refractivity contribution in [3.8, 4) is 12.1 Å². The predicted octanol–water partition coefficient (Wildman–Crippen LogP) is 3.36. The zero-order valence-electron chi connectivity index (χ0n) is 17.6. The number of nitriles is 2. The first kappa shape index (κ1) is 22.4. The summed E-state index contributed by atoms with van der Waals surface area (Å²) in [5, 5.41) is 28.0. The number of nitrogens with zero attached hydrogens (tertiary/aromatic N) is 3. The van der Waals surface area contributed by atoms with Crippen LogP contribution in [0.15, 0.2) is 73.1 Å². The van der Waals surface area contributed by atoms with Crippen LogP contribution in [0.25, 0.3) is 11.6 Å². The van der Waals surface area contributed by atoms with Crippen molar-refractivity contribution >= 4 is 17.6 Å². The molecule has 0 aliphatic heterocycles. The molecule has 6 heteroatoms. The number of methoxy groups -OCH3 is 1. The lowest BCUT2D eigenvalue weighted by molar-refractivity contribution is -0.688. The maximum Gasteiger partial charge on any atom is 0.327 e. The first-order valence-electron chi connectivity index (χ1n) is 9.95. The standard InChI is InChI=1S/C26H22N3O3/c1-32-26(31)25(16-28)23-8-6-22(7-9-23)24(15-27)14-19-10-12-29(13-11-19)17-20-2-4-21(18-30)5-3-20/h2-14,25,30H,17-18H2,1H3/q+1/b24-14-. The summed E-state index contributed by atoms with van der Waals surface area (Å²) in [6, 6.07) is 22.5. The molecular formula is C26H22N3O3+. The molecule has 1 aromatic heterocycles. The second kappa shape index (κ2) is 10.7. The summed E-state index contributed by atoms with van der Waals surface area (Å²) in [5.41, 5.74) is 4.56. The van der Waals surface area contributed by atoms with Gasteiger partial charge in [-0.3, -0.25) is 4.79 Å². The number of pyridine rings is 1. The third kappa shape index (κ3) is 5.46. The highest BCUT2D eigenvalue weighted by Gasteiger charge is 2.20. The van der Waals surface area contributed by atoms with Crippen molar-refractivity contribution in [2.45, 2.75) is 19.1 Å². The van der Waals surface area contributed by atoms with Gasteiger partial charge in [0.15, 0.2) is 24.9 Å². The molecule has 158 valence electrons. The Morgan fingerprint density at radius 2 is 1.66 bits per heavy atom. The van der Waals surface area contributed by atoms with E-state index < -0.39 is 11.9 Å². The molecule has 3 aromatic rings. The summed E-state index contributed by atoms with van der Waals surface area (Å²) in [6.45, 7) is 0.727. The summed E-state index contributed by atoms with van der Waals surface area (Å²) in [6.07, 6.45) is 5.67. The summed E-state index contributed by atoms with van der Waals surface area (Å²) in [7, 11) is 1.24. The van der Waals surface area contributed by atoms with E-state index in [0.29, 0.717) is 23.2 Å². The number of hydrogen-bond acceptors (Lipinski definition) is 5. The Balaban J connectivity index is 1.75. The van der Waals surface area contributed by atoms with Crippen LogP contribution in [0.1, 0.15) is 33.7 Å². The molecule has 0 saturated carbocycles. The number of allylic oxidation sites excluding steroid dienone is 1. The highest BCUT2D eigenvalue weighted by Crippen LogP contribution is 2.22. The third-order valence-corrected chi connectivity index (χ3v) is 5.04. The summed E-state index contributed by atoms with van der Waals surface area (Å²) in [4.78, 5) is 11.7. The second-order valence-electron chi connectivity index (χ2n) is 7.16. The summed E-state index contributed by atoms with van der Waals surface area (Å²) < 4.78 is 6.68. The van der Waals surface area contributed by atoms with Gasteiger partial charge in [-0.15, -0.1) is 0 Å². The van der Waals surface area contributed by atoms with Crippen LogP contribution >= 0.6 is 0 Å². The minimum atomic E-state index is -0.993. The van der Waals surface area contributed by atoms with E-state index in [1.54, 1.807) is 30.3 Å². The quantitative estimate of drug-likeness (QED) is 0.356. The molecule has 1 heterocycles. The largest absolute Gasteiger partial charge is 0.468 e. The van der Waals surface area contributed by atoms with Crippen molar-refractivity contribution in [3.63, 3.8) is 0 Å².